The summed E-state index contributed by atoms with van der Waals surface area (Å²) < 4.78 is 5.67. The van der Waals surface area contributed by atoms with Gasteiger partial charge in [0.1, 0.15) is 0 Å². The summed E-state index contributed by atoms with van der Waals surface area (Å²) in [5, 5.41) is 3.26. The standard InChI is InChI=1S/C12H18N2O3/c1-9-8-11(15)14(12(9)16)6-7-17-10-2-4-13-5-3-10/h8,10,13H,2-7H2,1H3. The van der Waals surface area contributed by atoms with Crippen LogP contribution in [0.25, 0.3) is 0 Å². The van der Waals surface area contributed by atoms with E-state index in [9.17, 15) is 9.59 Å². The first-order valence-electron chi connectivity index (χ1n) is 6.05. The minimum Gasteiger partial charge on any atom is -0.376 e. The number of rotatable bonds is 4. The molecule has 1 N–H and O–H groups in total. The number of carbonyl (C=O) groups excluding carboxylic acids is 2. The maximum atomic E-state index is 11.6. The number of piperidine rings is 1. The van der Waals surface area contributed by atoms with Gasteiger partial charge in [-0.05, 0) is 32.9 Å². The lowest BCUT2D eigenvalue weighted by atomic mass is 10.1. The van der Waals surface area contributed by atoms with Crippen molar-refractivity contribution in [3.05, 3.63) is 11.6 Å². The van der Waals surface area contributed by atoms with Crippen LogP contribution >= 0.6 is 0 Å². The van der Waals surface area contributed by atoms with E-state index in [1.54, 1.807) is 6.92 Å². The van der Waals surface area contributed by atoms with E-state index < -0.39 is 0 Å². The summed E-state index contributed by atoms with van der Waals surface area (Å²) in [6.45, 7) is 4.41. The van der Waals surface area contributed by atoms with Crippen molar-refractivity contribution in [2.24, 2.45) is 0 Å². The van der Waals surface area contributed by atoms with E-state index in [2.05, 4.69) is 5.32 Å². The number of hydrogen-bond donors (Lipinski definition) is 1. The number of carbonyl (C=O) groups is 2. The second-order valence-corrected chi connectivity index (χ2v) is 4.44. The van der Waals surface area contributed by atoms with Gasteiger partial charge in [-0.2, -0.15) is 0 Å². The van der Waals surface area contributed by atoms with Crippen LogP contribution in [0, 0.1) is 0 Å². The lowest BCUT2D eigenvalue weighted by molar-refractivity contribution is -0.138. The Labute approximate surface area is 101 Å². The molecule has 0 aliphatic carbocycles. The molecule has 0 aromatic carbocycles. The first-order valence-corrected chi connectivity index (χ1v) is 6.05. The Bertz CT molecular complexity index is 346. The second-order valence-electron chi connectivity index (χ2n) is 4.44. The van der Waals surface area contributed by atoms with Crippen molar-refractivity contribution >= 4 is 11.8 Å². The normalized spacial score (nSPS) is 22.2. The molecule has 1 saturated heterocycles. The Morgan fingerprint density at radius 1 is 1.41 bits per heavy atom. The van der Waals surface area contributed by atoms with Gasteiger partial charge in [0, 0.05) is 11.6 Å². The quantitative estimate of drug-likeness (QED) is 0.704. The van der Waals surface area contributed by atoms with Crippen molar-refractivity contribution in [3.8, 4) is 0 Å². The highest BCUT2D eigenvalue weighted by atomic mass is 16.5. The van der Waals surface area contributed by atoms with E-state index in [0.29, 0.717) is 18.7 Å². The Morgan fingerprint density at radius 2 is 2.12 bits per heavy atom. The largest absolute Gasteiger partial charge is 0.376 e. The molecule has 94 valence electrons. The van der Waals surface area contributed by atoms with Crippen LogP contribution in [0.3, 0.4) is 0 Å². The van der Waals surface area contributed by atoms with Gasteiger partial charge in [0.15, 0.2) is 0 Å². The summed E-state index contributed by atoms with van der Waals surface area (Å²) in [4.78, 5) is 24.3. The van der Waals surface area contributed by atoms with Gasteiger partial charge < -0.3 is 10.1 Å². The topological polar surface area (TPSA) is 58.6 Å². The Kier molecular flexibility index (Phi) is 3.91. The molecule has 2 heterocycles. The average Bonchev–Trinajstić information content (AvgIpc) is 2.57. The molecule has 0 aromatic heterocycles. The van der Waals surface area contributed by atoms with Gasteiger partial charge in [-0.25, -0.2) is 0 Å². The van der Waals surface area contributed by atoms with Crippen LogP contribution in [-0.2, 0) is 14.3 Å². The molecule has 0 bridgehead atoms. The lowest BCUT2D eigenvalue weighted by Crippen LogP contribution is -2.37. The molecule has 0 saturated carbocycles. The average molecular weight is 238 g/mol. The molecule has 0 aromatic rings. The third kappa shape index (κ3) is 2.92. The van der Waals surface area contributed by atoms with Gasteiger partial charge in [0.2, 0.25) is 0 Å². The zero-order valence-electron chi connectivity index (χ0n) is 10.1. The van der Waals surface area contributed by atoms with Crippen molar-refractivity contribution < 1.29 is 14.3 Å². The number of nitrogens with zero attached hydrogens (tertiary/aromatic N) is 1. The number of nitrogens with one attached hydrogen (secondary N) is 1. The van der Waals surface area contributed by atoms with E-state index in [4.69, 9.17) is 4.74 Å². The van der Waals surface area contributed by atoms with Gasteiger partial charge in [0.05, 0.1) is 19.3 Å². The number of imide groups is 1. The SMILES string of the molecule is CC1=CC(=O)N(CCOC2CCNCC2)C1=O. The molecule has 0 radical (unpaired) electrons. The summed E-state index contributed by atoms with van der Waals surface area (Å²) >= 11 is 0. The summed E-state index contributed by atoms with van der Waals surface area (Å²) in [5.41, 5.74) is 0.511. The van der Waals surface area contributed by atoms with E-state index in [1.165, 1.54) is 11.0 Å². The predicted molar refractivity (Wildman–Crippen MR) is 62.3 cm³/mol. The fraction of sp³-hybridized carbons (Fsp3) is 0.667. The summed E-state index contributed by atoms with van der Waals surface area (Å²) in [5.74, 6) is -0.412. The van der Waals surface area contributed by atoms with E-state index in [-0.39, 0.29) is 17.9 Å². The van der Waals surface area contributed by atoms with Gasteiger partial charge >= 0.3 is 0 Å². The van der Waals surface area contributed by atoms with Gasteiger partial charge in [0.25, 0.3) is 11.8 Å². The first kappa shape index (κ1) is 12.3. The van der Waals surface area contributed by atoms with Gasteiger partial charge in [-0.3, -0.25) is 14.5 Å². The zero-order chi connectivity index (χ0) is 12.3. The molecular weight excluding hydrogens is 220 g/mol. The van der Waals surface area contributed by atoms with Crippen LogP contribution in [-0.4, -0.2) is 49.1 Å². The molecule has 1 fully saturated rings. The van der Waals surface area contributed by atoms with Crippen molar-refractivity contribution in [1.82, 2.24) is 10.2 Å². The van der Waals surface area contributed by atoms with Crippen LogP contribution in [0.15, 0.2) is 11.6 Å². The molecule has 0 unspecified atom stereocenters. The van der Waals surface area contributed by atoms with E-state index in [1.807, 2.05) is 0 Å². The number of amides is 2. The molecule has 17 heavy (non-hydrogen) atoms. The summed E-state index contributed by atoms with van der Waals surface area (Å²) in [7, 11) is 0. The fourth-order valence-corrected chi connectivity index (χ4v) is 2.12. The maximum Gasteiger partial charge on any atom is 0.256 e. The Balaban J connectivity index is 1.72. The molecular formula is C12H18N2O3. The molecule has 2 rings (SSSR count). The molecule has 2 aliphatic rings. The molecule has 0 atom stereocenters. The van der Waals surface area contributed by atoms with E-state index in [0.717, 1.165) is 25.9 Å². The highest BCUT2D eigenvalue weighted by Gasteiger charge is 2.28. The maximum absolute atomic E-state index is 11.6. The van der Waals surface area contributed by atoms with Gasteiger partial charge in [-0.1, -0.05) is 0 Å². The molecule has 2 amide bonds. The summed E-state index contributed by atoms with van der Waals surface area (Å²) in [6.07, 6.45) is 3.64. The monoisotopic (exact) mass is 238 g/mol. The zero-order valence-corrected chi connectivity index (χ0v) is 10.1. The smallest absolute Gasteiger partial charge is 0.256 e. The van der Waals surface area contributed by atoms with Crippen molar-refractivity contribution in [1.29, 1.82) is 0 Å². The highest BCUT2D eigenvalue weighted by molar-refractivity contribution is 6.15. The minimum atomic E-state index is -0.221. The predicted octanol–water partition coefficient (Wildman–Crippen LogP) is 0.0701. The second kappa shape index (κ2) is 5.42. The van der Waals surface area contributed by atoms with Crippen molar-refractivity contribution in [3.63, 3.8) is 0 Å². The molecule has 5 nitrogen and oxygen atoms in total. The van der Waals surface area contributed by atoms with Crippen LogP contribution in [0.5, 0.6) is 0 Å². The fourth-order valence-electron chi connectivity index (χ4n) is 2.12. The molecule has 0 spiro atoms. The molecule has 5 heteroatoms. The first-order chi connectivity index (χ1) is 8.18. The van der Waals surface area contributed by atoms with Crippen LogP contribution < -0.4 is 5.32 Å². The third-order valence-corrected chi connectivity index (χ3v) is 3.14. The number of hydrogen-bond acceptors (Lipinski definition) is 4. The Hall–Kier alpha value is -1.20. The lowest BCUT2D eigenvalue weighted by Gasteiger charge is -2.24. The van der Waals surface area contributed by atoms with Crippen LogP contribution in [0.4, 0.5) is 0 Å². The van der Waals surface area contributed by atoms with Crippen molar-refractivity contribution in [2.45, 2.75) is 25.9 Å². The van der Waals surface area contributed by atoms with Crippen LogP contribution in [0.1, 0.15) is 19.8 Å². The highest BCUT2D eigenvalue weighted by Crippen LogP contribution is 2.12. The third-order valence-electron chi connectivity index (χ3n) is 3.14. The molecule has 2 aliphatic heterocycles. The van der Waals surface area contributed by atoms with Gasteiger partial charge in [-0.15, -0.1) is 0 Å². The van der Waals surface area contributed by atoms with E-state index >= 15 is 0 Å². The number of ether oxygens (including phenoxy) is 1. The van der Waals surface area contributed by atoms with Crippen molar-refractivity contribution in [2.75, 3.05) is 26.2 Å². The van der Waals surface area contributed by atoms with Crippen LogP contribution in [0.2, 0.25) is 0 Å². The Morgan fingerprint density at radius 3 is 2.71 bits per heavy atom. The minimum absolute atomic E-state index is 0.191. The summed E-state index contributed by atoms with van der Waals surface area (Å²) in [6, 6.07) is 0.